The van der Waals surface area contributed by atoms with Crippen LogP contribution in [-0.2, 0) is 9.53 Å². The predicted molar refractivity (Wildman–Crippen MR) is 76.0 cm³/mol. The predicted octanol–water partition coefficient (Wildman–Crippen LogP) is 1.70. The zero-order valence-corrected chi connectivity index (χ0v) is 12.2. The lowest BCUT2D eigenvalue weighted by molar-refractivity contribution is -0.137. The Balaban J connectivity index is 1.67. The van der Waals surface area contributed by atoms with Crippen LogP contribution in [0, 0.1) is 11.3 Å². The van der Waals surface area contributed by atoms with Crippen LogP contribution >= 0.6 is 0 Å². The van der Waals surface area contributed by atoms with Crippen LogP contribution in [0.2, 0.25) is 0 Å². The van der Waals surface area contributed by atoms with Gasteiger partial charge in [0.2, 0.25) is 5.91 Å². The first-order valence-electron chi connectivity index (χ1n) is 7.75. The SMILES string of the molecule is COCCC1(C(=O)NCCC2CCCNC2)CCC1. The fourth-order valence-corrected chi connectivity index (χ4v) is 3.24. The van der Waals surface area contributed by atoms with Crippen molar-refractivity contribution in [2.45, 2.75) is 44.9 Å². The molecule has 0 spiro atoms. The second-order valence-electron chi connectivity index (χ2n) is 6.13. The normalized spacial score (nSPS) is 25.6. The number of carbonyl (C=O) groups excluding carboxylic acids is 1. The van der Waals surface area contributed by atoms with E-state index in [0.717, 1.165) is 51.2 Å². The molecule has 19 heavy (non-hydrogen) atoms. The highest BCUT2D eigenvalue weighted by Crippen LogP contribution is 2.44. The van der Waals surface area contributed by atoms with Gasteiger partial charge >= 0.3 is 0 Å². The van der Waals surface area contributed by atoms with Crippen LogP contribution < -0.4 is 10.6 Å². The highest BCUT2D eigenvalue weighted by molar-refractivity contribution is 5.83. The van der Waals surface area contributed by atoms with Crippen LogP contribution in [-0.4, -0.2) is 39.3 Å². The zero-order chi connectivity index (χ0) is 13.6. The van der Waals surface area contributed by atoms with Crippen LogP contribution in [0.5, 0.6) is 0 Å². The van der Waals surface area contributed by atoms with Gasteiger partial charge in [0.25, 0.3) is 0 Å². The molecule has 1 saturated heterocycles. The molecule has 4 nitrogen and oxygen atoms in total. The van der Waals surface area contributed by atoms with E-state index in [2.05, 4.69) is 10.6 Å². The molecular formula is C15H28N2O2. The van der Waals surface area contributed by atoms with Crippen molar-refractivity contribution in [2.24, 2.45) is 11.3 Å². The van der Waals surface area contributed by atoms with E-state index in [-0.39, 0.29) is 11.3 Å². The molecule has 1 aliphatic carbocycles. The summed E-state index contributed by atoms with van der Waals surface area (Å²) in [6.45, 7) is 3.80. The maximum atomic E-state index is 12.3. The molecule has 1 heterocycles. The molecule has 2 aliphatic rings. The zero-order valence-electron chi connectivity index (χ0n) is 12.2. The minimum Gasteiger partial charge on any atom is -0.385 e. The Hall–Kier alpha value is -0.610. The molecule has 1 atom stereocenters. The number of methoxy groups -OCH3 is 1. The number of nitrogens with one attached hydrogen (secondary N) is 2. The molecule has 2 N–H and O–H groups in total. The first-order valence-corrected chi connectivity index (χ1v) is 7.75. The van der Waals surface area contributed by atoms with Crippen molar-refractivity contribution in [2.75, 3.05) is 33.4 Å². The van der Waals surface area contributed by atoms with Crippen LogP contribution in [0.15, 0.2) is 0 Å². The highest BCUT2D eigenvalue weighted by atomic mass is 16.5. The largest absolute Gasteiger partial charge is 0.385 e. The van der Waals surface area contributed by atoms with E-state index in [4.69, 9.17) is 4.74 Å². The maximum Gasteiger partial charge on any atom is 0.226 e. The minimum atomic E-state index is -0.110. The monoisotopic (exact) mass is 268 g/mol. The standard InChI is InChI=1S/C15H28N2O2/c1-19-11-8-15(6-3-7-15)14(18)17-10-5-13-4-2-9-16-12-13/h13,16H,2-12H2,1H3,(H,17,18). The first-order chi connectivity index (χ1) is 9.27. The molecule has 0 aromatic carbocycles. The molecule has 1 saturated carbocycles. The molecule has 1 amide bonds. The number of carbonyl (C=O) groups is 1. The Kier molecular flexibility index (Phi) is 5.64. The molecule has 2 fully saturated rings. The molecule has 0 aromatic heterocycles. The smallest absolute Gasteiger partial charge is 0.226 e. The Morgan fingerprint density at radius 3 is 2.84 bits per heavy atom. The molecule has 4 heteroatoms. The summed E-state index contributed by atoms with van der Waals surface area (Å²) in [7, 11) is 1.71. The Morgan fingerprint density at radius 2 is 2.26 bits per heavy atom. The van der Waals surface area contributed by atoms with E-state index in [9.17, 15) is 4.79 Å². The topological polar surface area (TPSA) is 50.4 Å². The second kappa shape index (κ2) is 7.25. The summed E-state index contributed by atoms with van der Waals surface area (Å²) in [4.78, 5) is 12.3. The quantitative estimate of drug-likeness (QED) is 0.739. The van der Waals surface area contributed by atoms with Crippen molar-refractivity contribution in [1.82, 2.24) is 10.6 Å². The van der Waals surface area contributed by atoms with Crippen molar-refractivity contribution in [1.29, 1.82) is 0 Å². The molecule has 1 aliphatic heterocycles. The first kappa shape index (κ1) is 14.8. The van der Waals surface area contributed by atoms with Gasteiger partial charge in [-0.05, 0) is 57.5 Å². The van der Waals surface area contributed by atoms with Gasteiger partial charge in [0.05, 0.1) is 5.41 Å². The minimum absolute atomic E-state index is 0.110. The number of hydrogen-bond donors (Lipinski definition) is 2. The molecule has 1 unspecified atom stereocenters. The average Bonchev–Trinajstić information content (AvgIpc) is 2.39. The van der Waals surface area contributed by atoms with E-state index in [1.54, 1.807) is 7.11 Å². The lowest BCUT2D eigenvalue weighted by Crippen LogP contribution is -2.47. The molecule has 0 aromatic rings. The lowest BCUT2D eigenvalue weighted by Gasteiger charge is -2.40. The second-order valence-corrected chi connectivity index (χ2v) is 6.13. The van der Waals surface area contributed by atoms with Gasteiger partial charge in [-0.2, -0.15) is 0 Å². The Labute approximate surface area is 116 Å². The molecule has 0 bridgehead atoms. The lowest BCUT2D eigenvalue weighted by atomic mass is 9.66. The van der Waals surface area contributed by atoms with Gasteiger partial charge in [-0.25, -0.2) is 0 Å². The molecule has 110 valence electrons. The number of piperidine rings is 1. The number of amides is 1. The average molecular weight is 268 g/mol. The van der Waals surface area contributed by atoms with Crippen LogP contribution in [0.4, 0.5) is 0 Å². The fraction of sp³-hybridized carbons (Fsp3) is 0.933. The third-order valence-corrected chi connectivity index (χ3v) is 4.81. The van der Waals surface area contributed by atoms with Gasteiger partial charge in [0.15, 0.2) is 0 Å². The van der Waals surface area contributed by atoms with Gasteiger partial charge in [0, 0.05) is 20.3 Å². The molecule has 2 rings (SSSR count). The van der Waals surface area contributed by atoms with Gasteiger partial charge in [0.1, 0.15) is 0 Å². The summed E-state index contributed by atoms with van der Waals surface area (Å²) in [5.74, 6) is 1.00. The Bertz CT molecular complexity index is 284. The highest BCUT2D eigenvalue weighted by Gasteiger charge is 2.43. The van der Waals surface area contributed by atoms with Gasteiger partial charge in [-0.15, -0.1) is 0 Å². The maximum absolute atomic E-state index is 12.3. The summed E-state index contributed by atoms with van der Waals surface area (Å²) < 4.78 is 5.13. The van der Waals surface area contributed by atoms with Crippen molar-refractivity contribution >= 4 is 5.91 Å². The van der Waals surface area contributed by atoms with Crippen LogP contribution in [0.3, 0.4) is 0 Å². The van der Waals surface area contributed by atoms with Gasteiger partial charge in [-0.1, -0.05) is 6.42 Å². The third kappa shape index (κ3) is 3.93. The van der Waals surface area contributed by atoms with E-state index < -0.39 is 0 Å². The van der Waals surface area contributed by atoms with Gasteiger partial charge < -0.3 is 15.4 Å². The van der Waals surface area contributed by atoms with E-state index in [1.807, 2.05) is 0 Å². The number of rotatable bonds is 7. The molecule has 0 radical (unpaired) electrons. The van der Waals surface area contributed by atoms with Crippen molar-refractivity contribution < 1.29 is 9.53 Å². The Morgan fingerprint density at radius 1 is 1.42 bits per heavy atom. The van der Waals surface area contributed by atoms with Crippen molar-refractivity contribution in [3.8, 4) is 0 Å². The number of hydrogen-bond acceptors (Lipinski definition) is 3. The fourth-order valence-electron chi connectivity index (χ4n) is 3.24. The summed E-state index contributed by atoms with van der Waals surface area (Å²) in [6.07, 6.45) is 7.82. The summed E-state index contributed by atoms with van der Waals surface area (Å²) in [5, 5.41) is 6.58. The van der Waals surface area contributed by atoms with Gasteiger partial charge in [-0.3, -0.25) is 4.79 Å². The van der Waals surface area contributed by atoms with E-state index in [1.165, 1.54) is 19.3 Å². The van der Waals surface area contributed by atoms with Crippen LogP contribution in [0.1, 0.15) is 44.9 Å². The van der Waals surface area contributed by atoms with Crippen molar-refractivity contribution in [3.05, 3.63) is 0 Å². The van der Waals surface area contributed by atoms with Crippen LogP contribution in [0.25, 0.3) is 0 Å². The third-order valence-electron chi connectivity index (χ3n) is 4.81. The van der Waals surface area contributed by atoms with E-state index in [0.29, 0.717) is 6.61 Å². The summed E-state index contributed by atoms with van der Waals surface area (Å²) in [5.41, 5.74) is -0.110. The molecular weight excluding hydrogens is 240 g/mol. The van der Waals surface area contributed by atoms with E-state index >= 15 is 0 Å². The van der Waals surface area contributed by atoms with Crippen molar-refractivity contribution in [3.63, 3.8) is 0 Å². The summed E-state index contributed by atoms with van der Waals surface area (Å²) >= 11 is 0. The number of ether oxygens (including phenoxy) is 1. The summed E-state index contributed by atoms with van der Waals surface area (Å²) in [6, 6.07) is 0.